The van der Waals surface area contributed by atoms with E-state index in [0.717, 1.165) is 6.20 Å². The van der Waals surface area contributed by atoms with Gasteiger partial charge in [-0.05, 0) is 17.2 Å². The van der Waals surface area contributed by atoms with E-state index in [1.807, 2.05) is 0 Å². The van der Waals surface area contributed by atoms with Crippen LogP contribution < -0.4 is 4.72 Å². The van der Waals surface area contributed by atoms with Crippen LogP contribution in [0.5, 0.6) is 0 Å². The number of rotatable bonds is 5. The van der Waals surface area contributed by atoms with E-state index >= 15 is 0 Å². The first-order valence-electron chi connectivity index (χ1n) is 5.79. The minimum Gasteiger partial charge on any atom is -0.392 e. The molecule has 2 rings (SSSR count). The van der Waals surface area contributed by atoms with Crippen molar-refractivity contribution in [3.63, 3.8) is 0 Å². The molecular weight excluding hydrogens is 283 g/mol. The number of pyridine rings is 1. The number of sulfonamides is 1. The number of aromatic nitrogens is 1. The summed E-state index contributed by atoms with van der Waals surface area (Å²) in [6, 6.07) is 7.80. The van der Waals surface area contributed by atoms with Gasteiger partial charge < -0.3 is 5.11 Å². The number of anilines is 1. The predicted molar refractivity (Wildman–Crippen MR) is 72.8 cm³/mol. The molecule has 1 aromatic heterocycles. The third kappa shape index (κ3) is 3.75. The quantitative estimate of drug-likeness (QED) is 0.879. The van der Waals surface area contributed by atoms with Crippen LogP contribution >= 0.6 is 0 Å². The lowest BCUT2D eigenvalue weighted by Crippen LogP contribution is -2.16. The molecule has 0 unspecified atom stereocenters. The standard InChI is InChI=1S/C13H13FN2O3S/c14-12-7-15-5-4-13(12)16-20(18,19)9-11-3-1-2-10(6-11)8-17/h1-7,17H,8-9H2,(H,15,16). The average molecular weight is 296 g/mol. The van der Waals surface area contributed by atoms with Gasteiger partial charge in [-0.15, -0.1) is 0 Å². The third-order valence-electron chi connectivity index (χ3n) is 2.57. The number of aliphatic hydroxyl groups excluding tert-OH is 1. The molecule has 1 aromatic carbocycles. The average Bonchev–Trinajstić information content (AvgIpc) is 2.41. The van der Waals surface area contributed by atoms with Crippen molar-refractivity contribution in [3.8, 4) is 0 Å². The number of nitrogens with one attached hydrogen (secondary N) is 1. The monoisotopic (exact) mass is 296 g/mol. The molecule has 1 heterocycles. The molecule has 0 saturated heterocycles. The van der Waals surface area contributed by atoms with Crippen LogP contribution in [-0.4, -0.2) is 18.5 Å². The van der Waals surface area contributed by atoms with E-state index in [4.69, 9.17) is 5.11 Å². The topological polar surface area (TPSA) is 79.3 Å². The van der Waals surface area contributed by atoms with Crippen LogP contribution in [0.1, 0.15) is 11.1 Å². The molecular formula is C13H13FN2O3S. The van der Waals surface area contributed by atoms with Crippen LogP contribution in [0.15, 0.2) is 42.7 Å². The van der Waals surface area contributed by atoms with Gasteiger partial charge in [0.15, 0.2) is 5.82 Å². The second-order valence-electron chi connectivity index (χ2n) is 4.19. The van der Waals surface area contributed by atoms with E-state index in [1.54, 1.807) is 24.3 Å². The van der Waals surface area contributed by atoms with Gasteiger partial charge in [0.25, 0.3) is 0 Å². The maximum atomic E-state index is 13.4. The van der Waals surface area contributed by atoms with Gasteiger partial charge in [-0.25, -0.2) is 12.8 Å². The third-order valence-corrected chi connectivity index (χ3v) is 3.81. The van der Waals surface area contributed by atoms with Gasteiger partial charge in [0.2, 0.25) is 10.0 Å². The minimum atomic E-state index is -3.73. The molecule has 106 valence electrons. The molecule has 20 heavy (non-hydrogen) atoms. The fourth-order valence-corrected chi connectivity index (χ4v) is 2.89. The lowest BCUT2D eigenvalue weighted by Gasteiger charge is -2.09. The molecule has 2 N–H and O–H groups in total. The van der Waals surface area contributed by atoms with Crippen LogP contribution in [0.25, 0.3) is 0 Å². The first kappa shape index (κ1) is 14.4. The normalized spacial score (nSPS) is 11.3. The summed E-state index contributed by atoms with van der Waals surface area (Å²) in [6.45, 7) is -0.166. The Balaban J connectivity index is 2.17. The second kappa shape index (κ2) is 5.98. The van der Waals surface area contributed by atoms with Crippen molar-refractivity contribution in [2.45, 2.75) is 12.4 Å². The maximum Gasteiger partial charge on any atom is 0.237 e. The van der Waals surface area contributed by atoms with Gasteiger partial charge in [0, 0.05) is 6.20 Å². The number of nitrogens with zero attached hydrogens (tertiary/aromatic N) is 1. The second-order valence-corrected chi connectivity index (χ2v) is 5.92. The van der Waals surface area contributed by atoms with Crippen LogP contribution in [0.3, 0.4) is 0 Å². The van der Waals surface area contributed by atoms with E-state index in [-0.39, 0.29) is 18.0 Å². The number of hydrogen-bond donors (Lipinski definition) is 2. The van der Waals surface area contributed by atoms with E-state index in [2.05, 4.69) is 9.71 Å². The highest BCUT2D eigenvalue weighted by Gasteiger charge is 2.14. The Morgan fingerprint density at radius 1 is 1.25 bits per heavy atom. The van der Waals surface area contributed by atoms with Crippen molar-refractivity contribution in [1.82, 2.24) is 4.98 Å². The van der Waals surface area contributed by atoms with Gasteiger partial charge >= 0.3 is 0 Å². The summed E-state index contributed by atoms with van der Waals surface area (Å²) in [5.74, 6) is -1.04. The Bertz CT molecular complexity index is 704. The zero-order valence-electron chi connectivity index (χ0n) is 10.5. The fraction of sp³-hybridized carbons (Fsp3) is 0.154. The summed E-state index contributed by atoms with van der Waals surface area (Å²) in [6.07, 6.45) is 2.23. The molecule has 0 atom stereocenters. The van der Waals surface area contributed by atoms with Gasteiger partial charge in [-0.1, -0.05) is 24.3 Å². The molecule has 0 bridgehead atoms. The summed E-state index contributed by atoms with van der Waals surface area (Å²) in [4.78, 5) is 3.54. The Kier molecular flexibility index (Phi) is 4.31. The van der Waals surface area contributed by atoms with Crippen LogP contribution in [0.2, 0.25) is 0 Å². The molecule has 0 aliphatic carbocycles. The van der Waals surface area contributed by atoms with Gasteiger partial charge in [0.1, 0.15) is 0 Å². The molecule has 7 heteroatoms. The van der Waals surface area contributed by atoms with Crippen LogP contribution in [-0.2, 0) is 22.4 Å². The fourth-order valence-electron chi connectivity index (χ4n) is 1.70. The molecule has 0 saturated carbocycles. The summed E-state index contributed by atoms with van der Waals surface area (Å²) >= 11 is 0. The zero-order valence-corrected chi connectivity index (χ0v) is 11.3. The Morgan fingerprint density at radius 3 is 2.70 bits per heavy atom. The summed E-state index contributed by atoms with van der Waals surface area (Å²) < 4.78 is 39.4. The number of benzene rings is 1. The van der Waals surface area contributed by atoms with E-state index < -0.39 is 15.8 Å². The van der Waals surface area contributed by atoms with Crippen molar-refractivity contribution < 1.29 is 17.9 Å². The smallest absolute Gasteiger partial charge is 0.237 e. The maximum absolute atomic E-state index is 13.4. The lowest BCUT2D eigenvalue weighted by molar-refractivity contribution is 0.282. The highest BCUT2D eigenvalue weighted by molar-refractivity contribution is 7.91. The summed E-state index contributed by atoms with van der Waals surface area (Å²) in [7, 11) is -3.73. The zero-order chi connectivity index (χ0) is 14.6. The summed E-state index contributed by atoms with van der Waals surface area (Å²) in [5.41, 5.74) is 0.990. The van der Waals surface area contributed by atoms with E-state index in [0.29, 0.717) is 11.1 Å². The van der Waals surface area contributed by atoms with Crippen LogP contribution in [0, 0.1) is 5.82 Å². The van der Waals surface area contributed by atoms with Crippen molar-refractivity contribution in [2.75, 3.05) is 4.72 Å². The van der Waals surface area contributed by atoms with E-state index in [9.17, 15) is 12.8 Å². The SMILES string of the molecule is O=S(=O)(Cc1cccc(CO)c1)Nc1ccncc1F. The van der Waals surface area contributed by atoms with Crippen molar-refractivity contribution in [3.05, 3.63) is 59.7 Å². The first-order valence-corrected chi connectivity index (χ1v) is 7.44. The number of hydrogen-bond acceptors (Lipinski definition) is 4. The highest BCUT2D eigenvalue weighted by Crippen LogP contribution is 2.16. The summed E-state index contributed by atoms with van der Waals surface area (Å²) in [5, 5.41) is 9.01. The molecule has 0 aliphatic heterocycles. The van der Waals surface area contributed by atoms with Gasteiger partial charge in [-0.3, -0.25) is 9.71 Å². The molecule has 0 fully saturated rings. The van der Waals surface area contributed by atoms with Gasteiger partial charge in [-0.2, -0.15) is 0 Å². The Labute approximate surface area is 116 Å². The predicted octanol–water partition coefficient (Wildman–Crippen LogP) is 1.65. The highest BCUT2D eigenvalue weighted by atomic mass is 32.2. The minimum absolute atomic E-state index is 0.140. The first-order chi connectivity index (χ1) is 9.50. The van der Waals surface area contributed by atoms with Gasteiger partial charge in [0.05, 0.1) is 24.2 Å². The molecule has 2 aromatic rings. The van der Waals surface area contributed by atoms with E-state index in [1.165, 1.54) is 12.3 Å². The lowest BCUT2D eigenvalue weighted by atomic mass is 10.1. The molecule has 0 spiro atoms. The largest absolute Gasteiger partial charge is 0.392 e. The molecule has 0 amide bonds. The molecule has 5 nitrogen and oxygen atoms in total. The van der Waals surface area contributed by atoms with Crippen molar-refractivity contribution in [1.29, 1.82) is 0 Å². The Hall–Kier alpha value is -1.99. The molecule has 0 radical (unpaired) electrons. The van der Waals surface area contributed by atoms with Crippen molar-refractivity contribution >= 4 is 15.7 Å². The number of aliphatic hydroxyl groups is 1. The molecule has 0 aliphatic rings. The number of halogens is 1. The van der Waals surface area contributed by atoms with Crippen molar-refractivity contribution in [2.24, 2.45) is 0 Å². The Morgan fingerprint density at radius 2 is 2.00 bits per heavy atom. The van der Waals surface area contributed by atoms with Crippen LogP contribution in [0.4, 0.5) is 10.1 Å².